The Morgan fingerprint density at radius 3 is 2.52 bits per heavy atom. The van der Waals surface area contributed by atoms with Crippen LogP contribution in [0.3, 0.4) is 0 Å². The zero-order chi connectivity index (χ0) is 20.1. The summed E-state index contributed by atoms with van der Waals surface area (Å²) in [5, 5.41) is 12.4. The smallest absolute Gasteiger partial charge is 0.272 e. The molecule has 3 aromatic rings. The zero-order valence-electron chi connectivity index (χ0n) is 15.8. The van der Waals surface area contributed by atoms with Crippen LogP contribution in [-0.2, 0) is 0 Å². The third kappa shape index (κ3) is 4.17. The maximum absolute atomic E-state index is 12.9. The standard InChI is InChI=1S/C22H20N6O/c23-16-17-5-1-2-6-19(17)26-18-8-10-24-20(15-18)22(29)28-13-11-27(12-14-28)21-7-3-4-9-25-21/h1-10,15H,11-14H2,(H,24,26). The van der Waals surface area contributed by atoms with Crippen molar-refractivity contribution in [1.82, 2.24) is 14.9 Å². The van der Waals surface area contributed by atoms with Crippen molar-refractivity contribution in [3.05, 3.63) is 78.2 Å². The molecule has 0 radical (unpaired) electrons. The number of nitrogens with zero attached hydrogens (tertiary/aromatic N) is 5. The van der Waals surface area contributed by atoms with Crippen LogP contribution >= 0.6 is 0 Å². The van der Waals surface area contributed by atoms with Crippen LogP contribution < -0.4 is 10.2 Å². The van der Waals surface area contributed by atoms with E-state index in [0.717, 1.165) is 24.6 Å². The highest BCUT2D eigenvalue weighted by molar-refractivity contribution is 5.93. The van der Waals surface area contributed by atoms with Gasteiger partial charge in [0.25, 0.3) is 5.91 Å². The Balaban J connectivity index is 1.43. The molecule has 7 nitrogen and oxygen atoms in total. The van der Waals surface area contributed by atoms with Gasteiger partial charge >= 0.3 is 0 Å². The topological polar surface area (TPSA) is 85.1 Å². The first-order valence-corrected chi connectivity index (χ1v) is 9.42. The molecule has 1 aliphatic rings. The highest BCUT2D eigenvalue weighted by Crippen LogP contribution is 2.21. The molecule has 1 aliphatic heterocycles. The van der Waals surface area contributed by atoms with Crippen LogP contribution in [-0.4, -0.2) is 47.0 Å². The summed E-state index contributed by atoms with van der Waals surface area (Å²) in [6.07, 6.45) is 3.38. The van der Waals surface area contributed by atoms with Gasteiger partial charge in [0.15, 0.2) is 0 Å². The van der Waals surface area contributed by atoms with Gasteiger partial charge in [0.05, 0.1) is 11.3 Å². The average Bonchev–Trinajstić information content (AvgIpc) is 2.80. The minimum absolute atomic E-state index is 0.0945. The summed E-state index contributed by atoms with van der Waals surface area (Å²) in [6, 6.07) is 18.8. The Kier molecular flexibility index (Phi) is 5.34. The van der Waals surface area contributed by atoms with Crippen LogP contribution in [0.25, 0.3) is 0 Å². The second kappa shape index (κ2) is 8.40. The molecule has 1 aromatic carbocycles. The third-order valence-corrected chi connectivity index (χ3v) is 4.85. The quantitative estimate of drug-likeness (QED) is 0.744. The first-order valence-electron chi connectivity index (χ1n) is 9.42. The van der Waals surface area contributed by atoms with E-state index in [0.29, 0.717) is 30.0 Å². The first-order chi connectivity index (χ1) is 14.2. The number of amides is 1. The Labute approximate surface area is 169 Å². The highest BCUT2D eigenvalue weighted by Gasteiger charge is 2.23. The number of nitrogens with one attached hydrogen (secondary N) is 1. The van der Waals surface area contributed by atoms with Crippen LogP contribution in [0.2, 0.25) is 0 Å². The Bertz CT molecular complexity index is 1040. The number of anilines is 3. The number of carbonyl (C=O) groups is 1. The summed E-state index contributed by atoms with van der Waals surface area (Å²) in [6.45, 7) is 2.70. The molecule has 0 atom stereocenters. The third-order valence-electron chi connectivity index (χ3n) is 4.85. The number of benzene rings is 1. The molecule has 1 amide bonds. The minimum Gasteiger partial charge on any atom is -0.354 e. The largest absolute Gasteiger partial charge is 0.354 e. The summed E-state index contributed by atoms with van der Waals surface area (Å²) in [5.41, 5.74) is 2.35. The number of nitriles is 1. The Morgan fingerprint density at radius 2 is 1.76 bits per heavy atom. The van der Waals surface area contributed by atoms with Crippen molar-refractivity contribution in [1.29, 1.82) is 5.26 Å². The van der Waals surface area contributed by atoms with Gasteiger partial charge in [-0.2, -0.15) is 5.26 Å². The van der Waals surface area contributed by atoms with Gasteiger partial charge in [-0.15, -0.1) is 0 Å². The molecule has 0 saturated carbocycles. The van der Waals surface area contributed by atoms with Crippen molar-refractivity contribution in [2.45, 2.75) is 0 Å². The molecule has 2 aromatic heterocycles. The number of hydrogen-bond donors (Lipinski definition) is 1. The van der Waals surface area contributed by atoms with E-state index in [4.69, 9.17) is 0 Å². The fraction of sp³-hybridized carbons (Fsp3) is 0.182. The van der Waals surface area contributed by atoms with Crippen LogP contribution in [0.4, 0.5) is 17.2 Å². The van der Waals surface area contributed by atoms with Crippen LogP contribution in [0, 0.1) is 11.3 Å². The second-order valence-electron chi connectivity index (χ2n) is 6.68. The van der Waals surface area contributed by atoms with E-state index in [1.807, 2.05) is 41.3 Å². The predicted molar refractivity (Wildman–Crippen MR) is 111 cm³/mol. The van der Waals surface area contributed by atoms with E-state index < -0.39 is 0 Å². The number of para-hydroxylation sites is 1. The molecule has 4 rings (SSSR count). The molecule has 1 fully saturated rings. The van der Waals surface area contributed by atoms with E-state index in [2.05, 4.69) is 26.3 Å². The number of hydrogen-bond acceptors (Lipinski definition) is 6. The molecule has 7 heteroatoms. The molecule has 0 aliphatic carbocycles. The van der Waals surface area contributed by atoms with E-state index in [1.54, 1.807) is 30.6 Å². The Morgan fingerprint density at radius 1 is 0.966 bits per heavy atom. The fourth-order valence-corrected chi connectivity index (χ4v) is 3.31. The van der Waals surface area contributed by atoms with Gasteiger partial charge < -0.3 is 15.1 Å². The molecule has 144 valence electrons. The lowest BCUT2D eigenvalue weighted by atomic mass is 10.2. The number of carbonyl (C=O) groups excluding carboxylic acids is 1. The van der Waals surface area contributed by atoms with Crippen molar-refractivity contribution in [3.8, 4) is 6.07 Å². The van der Waals surface area contributed by atoms with E-state index in [1.165, 1.54) is 0 Å². The molecule has 0 spiro atoms. The van der Waals surface area contributed by atoms with Crippen LogP contribution in [0.1, 0.15) is 16.1 Å². The number of piperazine rings is 1. The number of aromatic nitrogens is 2. The number of pyridine rings is 2. The van der Waals surface area contributed by atoms with Crippen molar-refractivity contribution in [2.75, 3.05) is 36.4 Å². The fourth-order valence-electron chi connectivity index (χ4n) is 3.31. The second-order valence-corrected chi connectivity index (χ2v) is 6.68. The van der Waals surface area contributed by atoms with E-state index in [-0.39, 0.29) is 5.91 Å². The van der Waals surface area contributed by atoms with E-state index in [9.17, 15) is 10.1 Å². The molecule has 1 N–H and O–H groups in total. The average molecular weight is 384 g/mol. The van der Waals surface area contributed by atoms with Gasteiger partial charge in [0.2, 0.25) is 0 Å². The molecule has 29 heavy (non-hydrogen) atoms. The molecule has 0 bridgehead atoms. The predicted octanol–water partition coefficient (Wildman–Crippen LogP) is 3.05. The van der Waals surface area contributed by atoms with Gasteiger partial charge in [0, 0.05) is 44.3 Å². The summed E-state index contributed by atoms with van der Waals surface area (Å²) in [7, 11) is 0. The van der Waals surface area contributed by atoms with Crippen molar-refractivity contribution < 1.29 is 4.79 Å². The Hall–Kier alpha value is -3.92. The number of rotatable bonds is 4. The summed E-state index contributed by atoms with van der Waals surface area (Å²) in [5.74, 6) is 0.836. The van der Waals surface area contributed by atoms with Crippen molar-refractivity contribution in [2.24, 2.45) is 0 Å². The summed E-state index contributed by atoms with van der Waals surface area (Å²) < 4.78 is 0. The maximum atomic E-state index is 12.9. The lowest BCUT2D eigenvalue weighted by Crippen LogP contribution is -2.49. The summed E-state index contributed by atoms with van der Waals surface area (Å²) in [4.78, 5) is 25.5. The van der Waals surface area contributed by atoms with Gasteiger partial charge in [-0.05, 0) is 36.4 Å². The molecule has 3 heterocycles. The van der Waals surface area contributed by atoms with E-state index >= 15 is 0 Å². The van der Waals surface area contributed by atoms with Gasteiger partial charge in [-0.3, -0.25) is 9.78 Å². The van der Waals surface area contributed by atoms with Crippen LogP contribution in [0.5, 0.6) is 0 Å². The van der Waals surface area contributed by atoms with Crippen LogP contribution in [0.15, 0.2) is 67.0 Å². The SMILES string of the molecule is N#Cc1ccccc1Nc1ccnc(C(=O)N2CCN(c3ccccn3)CC2)c1. The highest BCUT2D eigenvalue weighted by atomic mass is 16.2. The maximum Gasteiger partial charge on any atom is 0.272 e. The molecule has 1 saturated heterocycles. The van der Waals surface area contributed by atoms with Crippen molar-refractivity contribution >= 4 is 23.1 Å². The van der Waals surface area contributed by atoms with Gasteiger partial charge in [-0.1, -0.05) is 18.2 Å². The molecular weight excluding hydrogens is 364 g/mol. The normalized spacial score (nSPS) is 13.6. The molecule has 0 unspecified atom stereocenters. The molecular formula is C22H20N6O. The summed E-state index contributed by atoms with van der Waals surface area (Å²) >= 11 is 0. The lowest BCUT2D eigenvalue weighted by molar-refractivity contribution is 0.0740. The monoisotopic (exact) mass is 384 g/mol. The zero-order valence-corrected chi connectivity index (χ0v) is 15.8. The first kappa shape index (κ1) is 18.4. The lowest BCUT2D eigenvalue weighted by Gasteiger charge is -2.35. The van der Waals surface area contributed by atoms with Gasteiger partial charge in [-0.25, -0.2) is 4.98 Å². The van der Waals surface area contributed by atoms with Gasteiger partial charge in [0.1, 0.15) is 17.6 Å². The van der Waals surface area contributed by atoms with Crippen molar-refractivity contribution in [3.63, 3.8) is 0 Å². The minimum atomic E-state index is -0.0945.